The number of aromatic amines is 1. The highest BCUT2D eigenvalue weighted by Gasteiger charge is 2.61. The van der Waals surface area contributed by atoms with Gasteiger partial charge in [-0.3, -0.25) is 43.7 Å². The summed E-state index contributed by atoms with van der Waals surface area (Å²) in [7, 11) is 10.4. The van der Waals surface area contributed by atoms with Gasteiger partial charge in [-0.2, -0.15) is 0 Å². The van der Waals surface area contributed by atoms with E-state index in [9.17, 15) is 48.9 Å². The Kier molecular flexibility index (Phi) is 35.5. The fourth-order valence-corrected chi connectivity index (χ4v) is 17.7. The molecule has 0 aliphatic carbocycles. The number of nitrogens with two attached hydrogens (primary N) is 1. The van der Waals surface area contributed by atoms with Crippen LogP contribution in [0.25, 0.3) is 10.9 Å². The van der Waals surface area contributed by atoms with Crippen LogP contribution in [0.5, 0.6) is 11.5 Å². The number of anilines is 1. The molecule has 0 spiro atoms. The Morgan fingerprint density at radius 2 is 1.44 bits per heavy atom. The Hall–Kier alpha value is -9.45. The number of ether oxygens (including phenoxy) is 6. The van der Waals surface area contributed by atoms with Crippen molar-refractivity contribution in [2.24, 2.45) is 17.6 Å². The second-order valence-electron chi connectivity index (χ2n) is 31.7. The maximum absolute atomic E-state index is 15.5. The van der Waals surface area contributed by atoms with E-state index in [0.29, 0.717) is 83.3 Å². The molecule has 10 rings (SSSR count). The molecule has 31 nitrogen and oxygen atoms in total. The minimum atomic E-state index is -1.89. The van der Waals surface area contributed by atoms with Crippen molar-refractivity contribution >= 4 is 109 Å². The van der Waals surface area contributed by atoms with Crippen LogP contribution >= 0.6 is 33.2 Å². The fourth-order valence-electron chi connectivity index (χ4n) is 15.4. The number of carbonyl (C=O) groups excluding carboxylic acids is 10. The Bertz CT molecular complexity index is 4450. The van der Waals surface area contributed by atoms with E-state index in [0.717, 1.165) is 26.9 Å². The average molecular weight is 1740 g/mol. The number of phenolic OH excluding ortho intramolecular Hbond substituents is 1. The number of likely N-dealkylation sites (N-methyl/N-ethyl adjacent to an activating group) is 2. The van der Waals surface area contributed by atoms with Gasteiger partial charge in [-0.1, -0.05) is 145 Å². The molecule has 12 N–H and O–H groups in total. The summed E-state index contributed by atoms with van der Waals surface area (Å²) < 4.78 is 36.5. The Balaban J connectivity index is 0.891. The maximum Gasteiger partial charge on any atom is 0.409 e. The van der Waals surface area contributed by atoms with E-state index in [1.165, 1.54) is 73.9 Å². The predicted octanol–water partition coefficient (Wildman–Crippen LogP) is 7.04. The van der Waals surface area contributed by atoms with Crippen LogP contribution < -0.4 is 47.3 Å². The third-order valence-corrected chi connectivity index (χ3v) is 25.6. The van der Waals surface area contributed by atoms with E-state index in [1.807, 2.05) is 82.1 Å². The van der Waals surface area contributed by atoms with Crippen LogP contribution in [-0.4, -0.2) is 252 Å². The van der Waals surface area contributed by atoms with Gasteiger partial charge in [0, 0.05) is 127 Å². The maximum atomic E-state index is 15.5. The number of halogens is 1. The minimum Gasteiger partial charge on any atom is -0.508 e. The van der Waals surface area contributed by atoms with Gasteiger partial charge in [0.05, 0.1) is 31.6 Å². The van der Waals surface area contributed by atoms with Gasteiger partial charge in [-0.15, -0.1) is 0 Å². The number of esters is 1. The number of aromatic nitrogens is 1. The predicted molar refractivity (Wildman–Crippen MR) is 461 cm³/mol. The summed E-state index contributed by atoms with van der Waals surface area (Å²) in [6.07, 6.45) is 3.59. The number of H-pyrrole nitrogens is 1. The smallest absolute Gasteiger partial charge is 0.409 e. The van der Waals surface area contributed by atoms with Crippen LogP contribution in [0.1, 0.15) is 128 Å². The average Bonchev–Trinajstić information content (AvgIpc) is 1.06. The molecule has 0 saturated carbocycles. The fraction of sp³-hybridized carbons (Fsp3) is 0.540. The molecule has 121 heavy (non-hydrogen) atoms. The monoisotopic (exact) mass is 1730 g/mol. The lowest BCUT2D eigenvalue weighted by molar-refractivity contribution is -0.382. The minimum absolute atomic E-state index is 0.0112. The third kappa shape index (κ3) is 25.6. The van der Waals surface area contributed by atoms with Gasteiger partial charge in [-0.25, -0.2) is 9.59 Å². The first-order valence-electron chi connectivity index (χ1n) is 41.3. The molecule has 6 bridgehead atoms. The molecular weight excluding hydrogens is 1620 g/mol. The highest BCUT2D eigenvalue weighted by atomic mass is 35.5. The van der Waals surface area contributed by atoms with Crippen molar-refractivity contribution in [2.45, 2.75) is 210 Å². The van der Waals surface area contributed by atoms with Crippen molar-refractivity contribution in [1.29, 1.82) is 0 Å². The largest absolute Gasteiger partial charge is 0.508 e. The number of aliphatic hydroxyl groups is 2. The Morgan fingerprint density at radius 1 is 0.777 bits per heavy atom. The zero-order chi connectivity index (χ0) is 87.8. The Labute approximate surface area is 720 Å². The number of aromatic hydroxyl groups is 1. The SMILES string of the molecule is CCCCN(CCSSCCC(=O)N(C)[C@@H](C)C(=O)OC12CCOCN(C)c3cc(cc(OC)c3Cl)C/C(C)=C/C=C/[C@@H](OC)[C@@]3(O)C[C@H](OC(=O)N3)[C@@H](C)[C@H](O1)[C@@H]2C)C(=O)CC[C@H]1C(=O)N[C@@H](Cc2ccc(O)cc2)C(=O)N[C@H](Cc2c[nH]c3ccccc23)C(=O)N[C@@H](CCCCN)C(=O)N[C@@H]([C@@H](C)O)C(=O)N[C@@H](Cc2ccccc2)C(=O)N1C. The number of benzene rings is 4. The molecule has 6 heterocycles. The Morgan fingerprint density at radius 3 is 2.13 bits per heavy atom. The van der Waals surface area contributed by atoms with Gasteiger partial charge in [0.15, 0.2) is 5.72 Å². The van der Waals surface area contributed by atoms with Gasteiger partial charge in [0.25, 0.3) is 0 Å². The number of fused-ring (bicyclic) bond motifs is 8. The number of hydrogen-bond acceptors (Lipinski definition) is 23. The summed E-state index contributed by atoms with van der Waals surface area (Å²) in [5, 5.41) is 51.3. The number of aliphatic hydroxyl groups excluding tert-OH is 1. The standard InChI is InChI=1S/C87H119ClN12O19S2/c1-12-13-38-100(39-42-121-120-41-35-73(103)98(8)55(5)84(111)119-87-36-40-116-51-97(7)69-46-59(47-70(114-10)75(69)88)43-52(2)22-21-28-72(115-11)86(113)49-71(117-85(112)96-86)53(3)77(118-87)54(87)4)74(104)34-33-68-81(108)93-65(44-58-29-31-61(102)32-30-58)79(106)92-66(48-60-50-90-63-26-18-17-25-62(60)63)80(107)91-64(27-19-20-37-89)78(105)95-76(56(6)101)82(109)94-67(83(110)99(68)9)45-57-23-15-14-16-24-57/h14-18,21-26,28-32,46-47,50,53-56,64-68,71-72,76-77,90,101-102,113H,12-13,19-20,27,33-45,48-49,51,89H2,1-11H3,(H,91,107)(H,92,106)(H,93,108)(H,94,109)(H,95,105)(H,96,112)/b28-21+,52-22+/t53-,54+,55+,56-,64+,65+,66-,67+,68+,71+,72-,76+,77+,86+,87?/m1/s1. The summed E-state index contributed by atoms with van der Waals surface area (Å²) in [4.78, 5) is 156. The normalized spacial score (nSPS) is 26.2. The first-order chi connectivity index (χ1) is 57.8. The first-order valence-corrected chi connectivity index (χ1v) is 44.1. The molecule has 660 valence electrons. The number of hydrogen-bond donors (Lipinski definition) is 11. The van der Waals surface area contributed by atoms with Crippen LogP contribution in [0.15, 0.2) is 121 Å². The van der Waals surface area contributed by atoms with Crippen molar-refractivity contribution in [2.75, 3.05) is 84.7 Å². The number of alkyl carbamates (subject to hydrolysis) is 1. The zero-order valence-electron chi connectivity index (χ0n) is 70.8. The number of amides is 9. The third-order valence-electron chi connectivity index (χ3n) is 22.9. The van der Waals surface area contributed by atoms with Gasteiger partial charge in [0.2, 0.25) is 53.0 Å². The highest BCUT2D eigenvalue weighted by Crippen LogP contribution is 2.49. The van der Waals surface area contributed by atoms with Crippen molar-refractivity contribution in [1.82, 2.24) is 51.6 Å². The number of nitrogens with one attached hydrogen (secondary N) is 7. The number of methoxy groups -OCH3 is 2. The van der Waals surface area contributed by atoms with Gasteiger partial charge in [0.1, 0.15) is 77.8 Å². The lowest BCUT2D eigenvalue weighted by Crippen LogP contribution is -2.68. The second kappa shape index (κ2) is 45.1. The van der Waals surface area contributed by atoms with Crippen molar-refractivity contribution in [3.63, 3.8) is 0 Å². The van der Waals surface area contributed by atoms with E-state index < -0.39 is 138 Å². The van der Waals surface area contributed by atoms with Gasteiger partial charge in [-0.05, 0) is 118 Å². The van der Waals surface area contributed by atoms with Gasteiger partial charge < -0.3 is 101 Å². The lowest BCUT2D eigenvalue weighted by Gasteiger charge is -2.56. The molecule has 15 atom stereocenters. The van der Waals surface area contributed by atoms with Crippen LogP contribution in [0, 0.1) is 11.8 Å². The van der Waals surface area contributed by atoms with E-state index >= 15 is 14.4 Å². The first kappa shape index (κ1) is 95.4. The lowest BCUT2D eigenvalue weighted by atomic mass is 9.75. The quantitative estimate of drug-likeness (QED) is 0.0130. The number of rotatable bonds is 29. The summed E-state index contributed by atoms with van der Waals surface area (Å²) in [6.45, 7) is 11.4. The second-order valence-corrected chi connectivity index (χ2v) is 34.8. The van der Waals surface area contributed by atoms with E-state index in [2.05, 4.69) is 36.9 Å². The van der Waals surface area contributed by atoms with Gasteiger partial charge >= 0.3 is 12.1 Å². The number of para-hydroxylation sites is 1. The highest BCUT2D eigenvalue weighted by molar-refractivity contribution is 8.76. The number of allylic oxidation sites excluding steroid dienone is 3. The summed E-state index contributed by atoms with van der Waals surface area (Å²) in [5.41, 5.74) is 8.90. The van der Waals surface area contributed by atoms with E-state index in [-0.39, 0.29) is 102 Å². The number of unbranched alkanes of at least 4 members (excludes halogenated alkanes) is 2. The van der Waals surface area contributed by atoms with Crippen molar-refractivity contribution < 1.29 is 91.7 Å². The van der Waals surface area contributed by atoms with Crippen LogP contribution in [-0.2, 0) is 92.5 Å². The number of nitrogens with zero attached hydrogens (tertiary/aromatic N) is 4. The summed E-state index contributed by atoms with van der Waals surface area (Å²) in [6, 6.07) is 15.7. The molecule has 4 aromatic carbocycles. The van der Waals surface area contributed by atoms with Crippen molar-refractivity contribution in [3.8, 4) is 11.5 Å². The molecule has 5 aliphatic heterocycles. The summed E-state index contributed by atoms with van der Waals surface area (Å²) in [5.74, 6) is -8.16. The van der Waals surface area contributed by atoms with Crippen LogP contribution in [0.3, 0.4) is 0 Å². The van der Waals surface area contributed by atoms with Crippen LogP contribution in [0.2, 0.25) is 5.02 Å². The molecule has 5 aliphatic rings. The summed E-state index contributed by atoms with van der Waals surface area (Å²) >= 11 is 6.89. The topological polar surface area (TPSA) is 414 Å². The molecule has 1 aromatic heterocycles. The zero-order valence-corrected chi connectivity index (χ0v) is 73.1. The molecule has 0 radical (unpaired) electrons. The molecule has 3 fully saturated rings. The molecule has 1 unspecified atom stereocenters. The number of phenols is 1. The van der Waals surface area contributed by atoms with E-state index in [4.69, 9.17) is 45.8 Å². The van der Waals surface area contributed by atoms with Crippen molar-refractivity contribution in [3.05, 3.63) is 148 Å². The molecule has 34 heteroatoms. The van der Waals surface area contributed by atoms with Crippen LogP contribution in [0.4, 0.5) is 10.5 Å². The molecule has 9 amide bonds. The number of carbonyl (C=O) groups is 10. The molecule has 3 saturated heterocycles. The molecule has 5 aromatic rings. The van der Waals surface area contributed by atoms with E-state index in [1.54, 1.807) is 72.6 Å². The molecular formula is C87H119ClN12O19S2.